The van der Waals surface area contributed by atoms with Gasteiger partial charge in [0, 0.05) is 0 Å². The third-order valence-corrected chi connectivity index (χ3v) is 3.41. The van der Waals surface area contributed by atoms with Gasteiger partial charge in [-0.2, -0.15) is 0 Å². The molecule has 0 radical (unpaired) electrons. The van der Waals surface area contributed by atoms with E-state index in [1.54, 1.807) is 0 Å². The maximum atomic E-state index is 8.49. The molecule has 0 amide bonds. The third-order valence-electron chi connectivity index (χ3n) is 3.41. The first kappa shape index (κ1) is 11.9. The molecule has 1 saturated carbocycles. The highest BCUT2D eigenvalue weighted by Crippen LogP contribution is 2.32. The van der Waals surface area contributed by atoms with Gasteiger partial charge in [-0.1, -0.05) is 20.3 Å². The Morgan fingerprint density at radius 2 is 1.86 bits per heavy atom. The minimum Gasteiger partial charge on any atom is -0.266 e. The highest BCUT2D eigenvalue weighted by molar-refractivity contribution is 4.75. The summed E-state index contributed by atoms with van der Waals surface area (Å²) in [5.74, 6) is 1.56. The van der Waals surface area contributed by atoms with E-state index < -0.39 is 0 Å². The molecule has 0 bridgehead atoms. The van der Waals surface area contributed by atoms with Crippen LogP contribution in [0.1, 0.15) is 46.0 Å². The van der Waals surface area contributed by atoms with E-state index >= 15 is 0 Å². The first-order chi connectivity index (χ1) is 6.63. The smallest absolute Gasteiger partial charge is 0.0844 e. The summed E-state index contributed by atoms with van der Waals surface area (Å²) in [6.07, 6.45) is 5.31. The van der Waals surface area contributed by atoms with E-state index in [1.807, 2.05) is 0 Å². The van der Waals surface area contributed by atoms with Gasteiger partial charge in [-0.05, 0) is 37.5 Å². The van der Waals surface area contributed by atoms with E-state index in [0.29, 0.717) is 0 Å². The summed E-state index contributed by atoms with van der Waals surface area (Å²) < 4.78 is 0. The molecule has 0 saturated heterocycles. The fraction of sp³-hybridized carbons (Fsp3) is 1.00. The van der Waals surface area contributed by atoms with Crippen LogP contribution in [0.25, 0.3) is 0 Å². The number of nitrogens with zero attached hydrogens (tertiary/aromatic N) is 1. The second-order valence-corrected chi connectivity index (χ2v) is 4.28. The van der Waals surface area contributed by atoms with Crippen molar-refractivity contribution in [1.82, 2.24) is 5.39 Å². The summed E-state index contributed by atoms with van der Waals surface area (Å²) in [6.45, 7) is 4.51. The predicted molar refractivity (Wildman–Crippen MR) is 51.7 cm³/mol. The van der Waals surface area contributed by atoms with E-state index in [4.69, 9.17) is 15.3 Å². The minimum absolute atomic E-state index is 0.0229. The van der Waals surface area contributed by atoms with Crippen molar-refractivity contribution in [2.24, 2.45) is 11.8 Å². The zero-order valence-electron chi connectivity index (χ0n) is 9.02. The van der Waals surface area contributed by atoms with Gasteiger partial charge in [-0.15, -0.1) is 0 Å². The third kappa shape index (κ3) is 3.53. The molecule has 4 nitrogen and oxygen atoms in total. The zero-order valence-corrected chi connectivity index (χ0v) is 9.02. The summed E-state index contributed by atoms with van der Waals surface area (Å²) in [7, 11) is 0. The zero-order chi connectivity index (χ0) is 10.6. The van der Waals surface area contributed by atoms with Crippen molar-refractivity contribution in [1.29, 1.82) is 0 Å². The molecule has 0 spiro atoms. The van der Waals surface area contributed by atoms with Crippen molar-refractivity contribution in [3.8, 4) is 0 Å². The maximum Gasteiger partial charge on any atom is 0.0844 e. The molecule has 4 heteroatoms. The van der Waals surface area contributed by atoms with Gasteiger partial charge in [0.15, 0.2) is 0 Å². The minimum atomic E-state index is -0.158. The van der Waals surface area contributed by atoms with Gasteiger partial charge in [0.25, 0.3) is 0 Å². The van der Waals surface area contributed by atoms with Gasteiger partial charge >= 0.3 is 0 Å². The molecule has 1 fully saturated rings. The Labute approximate surface area is 85.3 Å². The molecule has 0 heterocycles. The van der Waals surface area contributed by atoms with Gasteiger partial charge in [-0.3, -0.25) is 10.4 Å². The number of rotatable bonds is 4. The van der Waals surface area contributed by atoms with E-state index in [9.17, 15) is 0 Å². The van der Waals surface area contributed by atoms with E-state index in [1.165, 1.54) is 6.42 Å². The monoisotopic (exact) mass is 203 g/mol. The molecule has 0 aromatic heterocycles. The molecule has 1 unspecified atom stereocenters. The summed E-state index contributed by atoms with van der Waals surface area (Å²) in [5.41, 5.74) is 0. The molecule has 1 aliphatic rings. The van der Waals surface area contributed by atoms with Gasteiger partial charge in [-0.25, -0.2) is 4.84 Å². The number of hydrogen-bond donors (Lipinski definition) is 2. The Bertz CT molecular complexity index is 155. The van der Waals surface area contributed by atoms with Crippen molar-refractivity contribution in [2.45, 2.75) is 52.1 Å². The lowest BCUT2D eigenvalue weighted by molar-refractivity contribution is -0.506. The topological polar surface area (TPSA) is 52.9 Å². The average Bonchev–Trinajstić information content (AvgIpc) is 2.17. The summed E-state index contributed by atoms with van der Waals surface area (Å²) in [4.78, 5) is 4.80. The van der Waals surface area contributed by atoms with Crippen LogP contribution in [0.15, 0.2) is 0 Å². The number of hydrogen-bond acceptors (Lipinski definition) is 4. The highest BCUT2D eigenvalue weighted by atomic mass is 17.1. The Morgan fingerprint density at radius 1 is 1.29 bits per heavy atom. The van der Waals surface area contributed by atoms with Crippen LogP contribution in [-0.2, 0) is 4.84 Å². The molecule has 1 rings (SSSR count). The van der Waals surface area contributed by atoms with Gasteiger partial charge in [0.1, 0.15) is 0 Å². The molecule has 84 valence electrons. The summed E-state index contributed by atoms with van der Waals surface area (Å²) >= 11 is 0. The van der Waals surface area contributed by atoms with E-state index in [2.05, 4.69) is 13.8 Å². The van der Waals surface area contributed by atoms with Crippen LogP contribution in [0.3, 0.4) is 0 Å². The Kier molecular flexibility index (Phi) is 4.81. The molecule has 0 aliphatic heterocycles. The largest absolute Gasteiger partial charge is 0.266 e. The van der Waals surface area contributed by atoms with Crippen LogP contribution in [0.2, 0.25) is 0 Å². The van der Waals surface area contributed by atoms with Crippen LogP contribution in [0.4, 0.5) is 0 Å². The lowest BCUT2D eigenvalue weighted by Crippen LogP contribution is -2.29. The highest BCUT2D eigenvalue weighted by Gasteiger charge is 2.25. The van der Waals surface area contributed by atoms with Crippen molar-refractivity contribution >= 4 is 0 Å². The second-order valence-electron chi connectivity index (χ2n) is 4.28. The van der Waals surface area contributed by atoms with E-state index in [-0.39, 0.29) is 11.5 Å². The van der Waals surface area contributed by atoms with Crippen LogP contribution in [-0.4, -0.2) is 21.9 Å². The Morgan fingerprint density at radius 3 is 2.29 bits per heavy atom. The Balaban J connectivity index is 2.24. The fourth-order valence-electron chi connectivity index (χ4n) is 2.23. The van der Waals surface area contributed by atoms with Crippen LogP contribution >= 0.6 is 0 Å². The van der Waals surface area contributed by atoms with Gasteiger partial charge in [0.2, 0.25) is 0 Å². The molecular formula is C10H21NO3. The predicted octanol–water partition coefficient (Wildman–Crippen LogP) is 2.60. The molecule has 0 aromatic rings. The molecule has 14 heavy (non-hydrogen) atoms. The lowest BCUT2D eigenvalue weighted by atomic mass is 9.79. The standard InChI is InChI=1S/C10H21NO3/c1-3-8(2)9-4-6-10(7-5-9)14-11(12)13/h8-10,12-13H,3-7H2,1-2H3. The van der Waals surface area contributed by atoms with Crippen molar-refractivity contribution in [3.63, 3.8) is 0 Å². The molecule has 1 aliphatic carbocycles. The molecule has 0 aromatic carbocycles. The maximum absolute atomic E-state index is 8.49. The van der Waals surface area contributed by atoms with Gasteiger partial charge in [0.05, 0.1) is 11.5 Å². The molecular weight excluding hydrogens is 182 g/mol. The molecule has 1 atom stereocenters. The fourth-order valence-corrected chi connectivity index (χ4v) is 2.23. The quantitative estimate of drug-likeness (QED) is 0.689. The summed E-state index contributed by atoms with van der Waals surface area (Å²) in [5, 5.41) is 16.8. The van der Waals surface area contributed by atoms with Crippen molar-refractivity contribution < 1.29 is 15.3 Å². The first-order valence-electron chi connectivity index (χ1n) is 5.48. The second kappa shape index (κ2) is 5.66. The van der Waals surface area contributed by atoms with Crippen LogP contribution in [0, 0.1) is 11.8 Å². The summed E-state index contributed by atoms with van der Waals surface area (Å²) in [6, 6.07) is 0. The first-order valence-corrected chi connectivity index (χ1v) is 5.48. The lowest BCUT2D eigenvalue weighted by Gasteiger charge is -2.31. The van der Waals surface area contributed by atoms with Gasteiger partial charge < -0.3 is 0 Å². The SMILES string of the molecule is CCC(C)C1CCC(ON(O)O)CC1. The van der Waals surface area contributed by atoms with Crippen molar-refractivity contribution in [3.05, 3.63) is 0 Å². The Hall–Kier alpha value is -0.160. The average molecular weight is 203 g/mol. The van der Waals surface area contributed by atoms with E-state index in [0.717, 1.165) is 37.5 Å². The van der Waals surface area contributed by atoms with Crippen LogP contribution in [0.5, 0.6) is 0 Å². The normalized spacial score (nSPS) is 30.6. The van der Waals surface area contributed by atoms with Crippen molar-refractivity contribution in [2.75, 3.05) is 0 Å². The van der Waals surface area contributed by atoms with Crippen LogP contribution < -0.4 is 0 Å². The molecule has 2 N–H and O–H groups in total.